The fourth-order valence-electron chi connectivity index (χ4n) is 2.80. The van der Waals surface area contributed by atoms with Crippen molar-refractivity contribution in [3.63, 3.8) is 0 Å². The van der Waals surface area contributed by atoms with Crippen LogP contribution >= 0.6 is 11.6 Å². The maximum absolute atomic E-state index is 12.4. The van der Waals surface area contributed by atoms with Gasteiger partial charge in [0.1, 0.15) is 18.4 Å². The summed E-state index contributed by atoms with van der Waals surface area (Å²) in [6.07, 6.45) is 0.268. The molecule has 0 aliphatic rings. The molecule has 0 aliphatic heterocycles. The number of primary amides is 1. The van der Waals surface area contributed by atoms with Gasteiger partial charge in [-0.05, 0) is 35.4 Å². The number of halogens is 1. The van der Waals surface area contributed by atoms with E-state index in [0.29, 0.717) is 22.9 Å². The van der Waals surface area contributed by atoms with Crippen molar-refractivity contribution in [2.75, 3.05) is 0 Å². The lowest BCUT2D eigenvalue weighted by molar-refractivity contribution is -0.119. The van der Waals surface area contributed by atoms with Crippen molar-refractivity contribution in [1.82, 2.24) is 5.32 Å². The molecule has 6 heteroatoms. The zero-order valence-corrected chi connectivity index (χ0v) is 16.4. The molecule has 29 heavy (non-hydrogen) atoms. The average Bonchev–Trinajstić information content (AvgIpc) is 2.73. The highest BCUT2D eigenvalue weighted by Crippen LogP contribution is 2.17. The SMILES string of the molecule is NC(=O)[C@H](Cc1ccc(OCc2ccccc2)cc1)NC(=O)c1ccccc1Cl. The third-order valence-electron chi connectivity index (χ3n) is 4.38. The predicted octanol–water partition coefficient (Wildman–Crippen LogP) is 3.75. The van der Waals surface area contributed by atoms with E-state index in [1.807, 2.05) is 54.6 Å². The van der Waals surface area contributed by atoms with E-state index in [1.165, 1.54) is 0 Å². The molecule has 0 aromatic heterocycles. The number of carbonyl (C=O) groups is 2. The molecule has 3 N–H and O–H groups in total. The topological polar surface area (TPSA) is 81.4 Å². The Morgan fingerprint density at radius 2 is 1.55 bits per heavy atom. The maximum Gasteiger partial charge on any atom is 0.253 e. The minimum absolute atomic E-state index is 0.268. The molecule has 3 rings (SSSR count). The predicted molar refractivity (Wildman–Crippen MR) is 113 cm³/mol. The molecule has 0 aliphatic carbocycles. The molecule has 0 bridgehead atoms. The first-order chi connectivity index (χ1) is 14.0. The number of hydrogen-bond acceptors (Lipinski definition) is 3. The first-order valence-electron chi connectivity index (χ1n) is 9.13. The zero-order chi connectivity index (χ0) is 20.6. The van der Waals surface area contributed by atoms with Crippen molar-refractivity contribution in [1.29, 1.82) is 0 Å². The van der Waals surface area contributed by atoms with Crippen LogP contribution in [0.4, 0.5) is 0 Å². The van der Waals surface area contributed by atoms with Crippen LogP contribution in [-0.4, -0.2) is 17.9 Å². The van der Waals surface area contributed by atoms with E-state index in [1.54, 1.807) is 24.3 Å². The quantitative estimate of drug-likeness (QED) is 0.595. The Hall–Kier alpha value is -3.31. The van der Waals surface area contributed by atoms with E-state index in [0.717, 1.165) is 11.1 Å². The zero-order valence-electron chi connectivity index (χ0n) is 15.7. The molecule has 0 fully saturated rings. The molecular formula is C23H21ClN2O3. The minimum atomic E-state index is -0.852. The molecular weight excluding hydrogens is 388 g/mol. The van der Waals surface area contributed by atoms with Crippen LogP contribution in [0.25, 0.3) is 0 Å². The number of rotatable bonds is 8. The normalized spacial score (nSPS) is 11.5. The largest absolute Gasteiger partial charge is 0.489 e. The first-order valence-corrected chi connectivity index (χ1v) is 9.51. The minimum Gasteiger partial charge on any atom is -0.489 e. The molecule has 3 aromatic carbocycles. The highest BCUT2D eigenvalue weighted by Gasteiger charge is 2.20. The fourth-order valence-corrected chi connectivity index (χ4v) is 3.02. The van der Waals surface area contributed by atoms with Crippen LogP contribution in [0.2, 0.25) is 5.02 Å². The number of nitrogens with two attached hydrogens (primary N) is 1. The van der Waals surface area contributed by atoms with Crippen LogP contribution in [0.1, 0.15) is 21.5 Å². The van der Waals surface area contributed by atoms with Crippen molar-refractivity contribution in [3.05, 3.63) is 101 Å². The van der Waals surface area contributed by atoms with Gasteiger partial charge < -0.3 is 15.8 Å². The molecule has 5 nitrogen and oxygen atoms in total. The van der Waals surface area contributed by atoms with Crippen molar-refractivity contribution < 1.29 is 14.3 Å². The summed E-state index contributed by atoms with van der Waals surface area (Å²) in [6.45, 7) is 0.470. The number of benzene rings is 3. The molecule has 0 radical (unpaired) electrons. The summed E-state index contributed by atoms with van der Waals surface area (Å²) in [5, 5.41) is 2.97. The highest BCUT2D eigenvalue weighted by molar-refractivity contribution is 6.33. The fraction of sp³-hybridized carbons (Fsp3) is 0.130. The van der Waals surface area contributed by atoms with Crippen molar-refractivity contribution >= 4 is 23.4 Å². The summed E-state index contributed by atoms with van der Waals surface area (Å²) in [4.78, 5) is 24.3. The average molecular weight is 409 g/mol. The molecule has 0 unspecified atom stereocenters. The highest BCUT2D eigenvalue weighted by atomic mass is 35.5. The Bertz CT molecular complexity index is 975. The van der Waals surface area contributed by atoms with Crippen molar-refractivity contribution in [2.24, 2.45) is 5.73 Å². The van der Waals surface area contributed by atoms with Crippen LogP contribution in [0.15, 0.2) is 78.9 Å². The number of hydrogen-bond donors (Lipinski definition) is 2. The second kappa shape index (κ2) is 9.75. The maximum atomic E-state index is 12.4. The van der Waals surface area contributed by atoms with Gasteiger partial charge in [0.25, 0.3) is 5.91 Å². The van der Waals surface area contributed by atoms with Gasteiger partial charge in [-0.2, -0.15) is 0 Å². The van der Waals surface area contributed by atoms with Crippen LogP contribution in [0.3, 0.4) is 0 Å². The van der Waals surface area contributed by atoms with E-state index < -0.39 is 17.9 Å². The monoisotopic (exact) mass is 408 g/mol. The molecule has 2 amide bonds. The third-order valence-corrected chi connectivity index (χ3v) is 4.71. The Balaban J connectivity index is 1.61. The molecule has 0 heterocycles. The number of carbonyl (C=O) groups excluding carboxylic acids is 2. The van der Waals surface area contributed by atoms with Crippen LogP contribution in [-0.2, 0) is 17.8 Å². The molecule has 0 spiro atoms. The van der Waals surface area contributed by atoms with Crippen LogP contribution in [0, 0.1) is 0 Å². The van der Waals surface area contributed by atoms with Gasteiger partial charge in [-0.3, -0.25) is 9.59 Å². The van der Waals surface area contributed by atoms with Crippen LogP contribution < -0.4 is 15.8 Å². The lowest BCUT2D eigenvalue weighted by Crippen LogP contribution is -2.45. The Kier molecular flexibility index (Phi) is 6.87. The van der Waals surface area contributed by atoms with Crippen molar-refractivity contribution in [2.45, 2.75) is 19.1 Å². The lowest BCUT2D eigenvalue weighted by atomic mass is 10.0. The van der Waals surface area contributed by atoms with E-state index in [-0.39, 0.29) is 6.42 Å². The molecule has 0 saturated carbocycles. The van der Waals surface area contributed by atoms with Crippen LogP contribution in [0.5, 0.6) is 5.75 Å². The summed E-state index contributed by atoms with van der Waals surface area (Å²) in [6, 6.07) is 23.0. The smallest absolute Gasteiger partial charge is 0.253 e. The van der Waals surface area contributed by atoms with Gasteiger partial charge >= 0.3 is 0 Å². The van der Waals surface area contributed by atoms with Gasteiger partial charge in [0.05, 0.1) is 10.6 Å². The molecule has 1 atom stereocenters. The third kappa shape index (κ3) is 5.83. The second-order valence-electron chi connectivity index (χ2n) is 6.53. The second-order valence-corrected chi connectivity index (χ2v) is 6.94. The number of ether oxygens (including phenoxy) is 1. The number of amides is 2. The van der Waals surface area contributed by atoms with Gasteiger partial charge in [-0.1, -0.05) is 66.2 Å². The van der Waals surface area contributed by atoms with Gasteiger partial charge in [0, 0.05) is 6.42 Å². The van der Waals surface area contributed by atoms with Gasteiger partial charge in [-0.15, -0.1) is 0 Å². The number of nitrogens with one attached hydrogen (secondary N) is 1. The molecule has 0 saturated heterocycles. The summed E-state index contributed by atoms with van der Waals surface area (Å²) < 4.78 is 5.76. The molecule has 148 valence electrons. The first kappa shape index (κ1) is 20.4. The summed E-state index contributed by atoms with van der Waals surface area (Å²) in [5.41, 5.74) is 7.70. The Morgan fingerprint density at radius 3 is 2.21 bits per heavy atom. The Labute approximate surface area is 174 Å². The van der Waals surface area contributed by atoms with Gasteiger partial charge in [0.15, 0.2) is 0 Å². The molecule has 3 aromatic rings. The summed E-state index contributed by atoms with van der Waals surface area (Å²) in [7, 11) is 0. The summed E-state index contributed by atoms with van der Waals surface area (Å²) >= 11 is 6.04. The lowest BCUT2D eigenvalue weighted by Gasteiger charge is -2.16. The standard InChI is InChI=1S/C23H21ClN2O3/c24-20-9-5-4-8-19(20)23(28)26-21(22(25)27)14-16-10-12-18(13-11-16)29-15-17-6-2-1-3-7-17/h1-13,21H,14-15H2,(H2,25,27)(H,26,28)/t21-/m0/s1. The van der Waals surface area contributed by atoms with E-state index >= 15 is 0 Å². The van der Waals surface area contributed by atoms with Crippen molar-refractivity contribution in [3.8, 4) is 5.75 Å². The van der Waals surface area contributed by atoms with E-state index in [9.17, 15) is 9.59 Å². The van der Waals surface area contributed by atoms with E-state index in [4.69, 9.17) is 22.1 Å². The van der Waals surface area contributed by atoms with Gasteiger partial charge in [0.2, 0.25) is 5.91 Å². The Morgan fingerprint density at radius 1 is 0.897 bits per heavy atom. The van der Waals surface area contributed by atoms with Gasteiger partial charge in [-0.25, -0.2) is 0 Å². The summed E-state index contributed by atoms with van der Waals surface area (Å²) in [5.74, 6) is -0.342. The van der Waals surface area contributed by atoms with E-state index in [2.05, 4.69) is 5.32 Å².